The van der Waals surface area contributed by atoms with Crippen molar-refractivity contribution in [3.63, 3.8) is 0 Å². The summed E-state index contributed by atoms with van der Waals surface area (Å²) in [6, 6.07) is 6.44. The van der Waals surface area contributed by atoms with E-state index in [1.807, 2.05) is 0 Å². The molecule has 134 valence electrons. The fourth-order valence-electron chi connectivity index (χ4n) is 3.24. The number of fused-ring (bicyclic) bond motifs is 1. The number of nitrogens with one attached hydrogen (secondary N) is 1. The number of thiophene rings is 1. The molecule has 4 heteroatoms. The molecule has 3 rings (SSSR count). The van der Waals surface area contributed by atoms with E-state index < -0.39 is 0 Å². The number of hydrogen-bond donors (Lipinski definition) is 1. The molecule has 3 aromatic heterocycles. The molecule has 0 fully saturated rings. The van der Waals surface area contributed by atoms with Crippen LogP contribution in [-0.4, -0.2) is 14.9 Å². The highest BCUT2D eigenvalue weighted by Gasteiger charge is 2.22. The maximum atomic E-state index is 4.92. The first-order chi connectivity index (χ1) is 12.0. The average molecular weight is 356 g/mol. The lowest BCUT2D eigenvalue weighted by molar-refractivity contribution is 0.476. The molecule has 3 heterocycles. The maximum absolute atomic E-state index is 4.92. The molecule has 1 N–H and O–H groups in total. The van der Waals surface area contributed by atoms with Gasteiger partial charge in [0.05, 0.1) is 0 Å². The summed E-state index contributed by atoms with van der Waals surface area (Å²) >= 11 is 1.72. The van der Waals surface area contributed by atoms with E-state index in [9.17, 15) is 0 Å². The maximum Gasteiger partial charge on any atom is 0.139 e. The Morgan fingerprint density at radius 2 is 2.04 bits per heavy atom. The molecule has 0 aliphatic rings. The van der Waals surface area contributed by atoms with E-state index in [4.69, 9.17) is 4.98 Å². The Morgan fingerprint density at radius 1 is 1.20 bits per heavy atom. The van der Waals surface area contributed by atoms with Crippen LogP contribution >= 0.6 is 11.3 Å². The van der Waals surface area contributed by atoms with E-state index in [-0.39, 0.29) is 5.54 Å². The van der Waals surface area contributed by atoms with Gasteiger partial charge in [-0.25, -0.2) is 4.98 Å². The molecule has 0 saturated heterocycles. The third-order valence-corrected chi connectivity index (χ3v) is 5.37. The van der Waals surface area contributed by atoms with Crippen LogP contribution in [0.3, 0.4) is 0 Å². The Morgan fingerprint density at radius 3 is 2.76 bits per heavy atom. The lowest BCUT2D eigenvalue weighted by Crippen LogP contribution is -2.31. The van der Waals surface area contributed by atoms with Gasteiger partial charge < -0.3 is 5.32 Å². The molecular formula is C21H29N3S. The molecule has 0 aromatic carbocycles. The van der Waals surface area contributed by atoms with Crippen LogP contribution < -0.4 is 5.32 Å². The lowest BCUT2D eigenvalue weighted by Gasteiger charge is -2.28. The van der Waals surface area contributed by atoms with Gasteiger partial charge in [0, 0.05) is 22.7 Å². The van der Waals surface area contributed by atoms with Crippen molar-refractivity contribution in [1.29, 1.82) is 0 Å². The number of anilines is 1. The fraction of sp³-hybridized carbons (Fsp3) is 0.476. The van der Waals surface area contributed by atoms with Gasteiger partial charge in [-0.05, 0) is 56.3 Å². The number of nitrogens with zero attached hydrogens (tertiary/aromatic N) is 2. The quantitative estimate of drug-likeness (QED) is 0.465. The van der Waals surface area contributed by atoms with Gasteiger partial charge in [-0.2, -0.15) is 11.3 Å². The first-order valence-electron chi connectivity index (χ1n) is 9.29. The Balaban J connectivity index is 1.92. The van der Waals surface area contributed by atoms with Gasteiger partial charge in [-0.15, -0.1) is 0 Å². The van der Waals surface area contributed by atoms with Crippen molar-refractivity contribution in [3.05, 3.63) is 40.7 Å². The van der Waals surface area contributed by atoms with Crippen LogP contribution in [0.25, 0.3) is 16.9 Å². The summed E-state index contributed by atoms with van der Waals surface area (Å²) in [4.78, 5) is 4.92. The molecule has 0 radical (unpaired) electrons. The van der Waals surface area contributed by atoms with Crippen molar-refractivity contribution in [2.75, 3.05) is 5.32 Å². The molecule has 0 atom stereocenters. The second-order valence-corrected chi connectivity index (χ2v) is 8.35. The lowest BCUT2D eigenvalue weighted by atomic mass is 9.96. The summed E-state index contributed by atoms with van der Waals surface area (Å²) in [6.07, 6.45) is 8.47. The first-order valence-corrected chi connectivity index (χ1v) is 10.2. The standard InChI is InChI=1S/C21H29N3S/c1-5-6-7-8-11-21(3,4)23-20-19(17-10-13-25-15-17)22-18-14-16(2)9-12-24(18)20/h9-10,12-15,23H,5-8,11H2,1-4H3. The highest BCUT2D eigenvalue weighted by Crippen LogP contribution is 2.33. The van der Waals surface area contributed by atoms with Crippen molar-refractivity contribution in [1.82, 2.24) is 9.38 Å². The van der Waals surface area contributed by atoms with Gasteiger partial charge in [0.15, 0.2) is 0 Å². The fourth-order valence-corrected chi connectivity index (χ4v) is 3.88. The van der Waals surface area contributed by atoms with E-state index in [1.54, 1.807) is 11.3 Å². The summed E-state index contributed by atoms with van der Waals surface area (Å²) in [5, 5.41) is 8.09. The van der Waals surface area contributed by atoms with E-state index >= 15 is 0 Å². The van der Waals surface area contributed by atoms with Crippen LogP contribution in [0.4, 0.5) is 5.82 Å². The second-order valence-electron chi connectivity index (χ2n) is 7.57. The first kappa shape index (κ1) is 18.0. The van der Waals surface area contributed by atoms with E-state index in [0.29, 0.717) is 0 Å². The van der Waals surface area contributed by atoms with Crippen LogP contribution in [0.2, 0.25) is 0 Å². The second kappa shape index (κ2) is 7.61. The SMILES string of the molecule is CCCCCCC(C)(C)Nc1c(-c2ccsc2)nc2cc(C)ccn12. The predicted octanol–water partition coefficient (Wildman–Crippen LogP) is 6.53. The topological polar surface area (TPSA) is 29.3 Å². The molecule has 0 unspecified atom stereocenters. The zero-order chi connectivity index (χ0) is 17.9. The third kappa shape index (κ3) is 4.24. The van der Waals surface area contributed by atoms with Gasteiger partial charge in [0.2, 0.25) is 0 Å². The van der Waals surface area contributed by atoms with Crippen LogP contribution in [0.1, 0.15) is 58.4 Å². The van der Waals surface area contributed by atoms with Crippen molar-refractivity contribution in [2.24, 2.45) is 0 Å². The molecule has 3 aromatic rings. The van der Waals surface area contributed by atoms with Crippen molar-refractivity contribution in [2.45, 2.75) is 65.3 Å². The molecule has 0 spiro atoms. The number of unbranched alkanes of at least 4 members (excludes halogenated alkanes) is 3. The van der Waals surface area contributed by atoms with Gasteiger partial charge in [-0.1, -0.05) is 32.6 Å². The molecular weight excluding hydrogens is 326 g/mol. The van der Waals surface area contributed by atoms with Gasteiger partial charge in [0.1, 0.15) is 17.2 Å². The smallest absolute Gasteiger partial charge is 0.139 e. The molecule has 3 nitrogen and oxygen atoms in total. The van der Waals surface area contributed by atoms with Crippen molar-refractivity contribution in [3.8, 4) is 11.3 Å². The number of hydrogen-bond acceptors (Lipinski definition) is 3. The summed E-state index contributed by atoms with van der Waals surface area (Å²) in [5.74, 6) is 1.11. The Bertz CT molecular complexity index is 815. The summed E-state index contributed by atoms with van der Waals surface area (Å²) in [5.41, 5.74) is 4.52. The van der Waals surface area contributed by atoms with Crippen molar-refractivity contribution < 1.29 is 0 Å². The number of pyridine rings is 1. The monoisotopic (exact) mass is 355 g/mol. The Labute approximate surface area is 155 Å². The summed E-state index contributed by atoms with van der Waals surface area (Å²) in [6.45, 7) is 8.97. The van der Waals surface area contributed by atoms with Crippen LogP contribution in [0.15, 0.2) is 35.2 Å². The number of aryl methyl sites for hydroxylation is 1. The van der Waals surface area contributed by atoms with Crippen LogP contribution in [0.5, 0.6) is 0 Å². The zero-order valence-corrected chi connectivity index (χ0v) is 16.6. The molecule has 0 aliphatic heterocycles. The molecule has 0 amide bonds. The minimum absolute atomic E-state index is 0.0410. The number of rotatable bonds is 8. The Kier molecular flexibility index (Phi) is 5.48. The average Bonchev–Trinajstić information content (AvgIpc) is 3.19. The van der Waals surface area contributed by atoms with Crippen LogP contribution in [-0.2, 0) is 0 Å². The predicted molar refractivity (Wildman–Crippen MR) is 110 cm³/mol. The van der Waals surface area contributed by atoms with Crippen LogP contribution in [0, 0.1) is 6.92 Å². The highest BCUT2D eigenvalue weighted by atomic mass is 32.1. The summed E-state index contributed by atoms with van der Waals surface area (Å²) in [7, 11) is 0. The highest BCUT2D eigenvalue weighted by molar-refractivity contribution is 7.08. The largest absolute Gasteiger partial charge is 0.364 e. The van der Waals surface area contributed by atoms with Crippen molar-refractivity contribution >= 4 is 22.8 Å². The molecule has 25 heavy (non-hydrogen) atoms. The minimum Gasteiger partial charge on any atom is -0.364 e. The van der Waals surface area contributed by atoms with E-state index in [1.165, 1.54) is 36.8 Å². The number of aromatic nitrogens is 2. The minimum atomic E-state index is 0.0410. The molecule has 0 aliphatic carbocycles. The zero-order valence-electron chi connectivity index (χ0n) is 15.8. The van der Waals surface area contributed by atoms with Gasteiger partial charge in [-0.3, -0.25) is 4.40 Å². The van der Waals surface area contributed by atoms with Gasteiger partial charge >= 0.3 is 0 Å². The normalized spacial score (nSPS) is 12.0. The molecule has 0 bridgehead atoms. The Hall–Kier alpha value is -1.81. The van der Waals surface area contributed by atoms with Gasteiger partial charge in [0.25, 0.3) is 0 Å². The third-order valence-electron chi connectivity index (χ3n) is 4.69. The summed E-state index contributed by atoms with van der Waals surface area (Å²) < 4.78 is 2.19. The number of imidazole rings is 1. The van der Waals surface area contributed by atoms with E-state index in [2.05, 4.69) is 72.6 Å². The van der Waals surface area contributed by atoms with E-state index in [0.717, 1.165) is 23.6 Å². The molecule has 0 saturated carbocycles.